The summed E-state index contributed by atoms with van der Waals surface area (Å²) in [6.45, 7) is 0.525. The Morgan fingerprint density at radius 2 is 1.73 bits per heavy atom. The molecule has 0 bridgehead atoms. The molecule has 1 N–H and O–H groups in total. The van der Waals surface area contributed by atoms with E-state index in [0.29, 0.717) is 29.7 Å². The molecule has 1 aliphatic carbocycles. The minimum atomic E-state index is -3.81. The zero-order chi connectivity index (χ0) is 21.7. The molecule has 0 atom stereocenters. The number of rotatable bonds is 7. The second-order valence-electron chi connectivity index (χ2n) is 7.78. The highest BCUT2D eigenvalue weighted by molar-refractivity contribution is 7.92. The zero-order valence-electron chi connectivity index (χ0n) is 16.9. The molecule has 1 amide bonds. The number of carbonyl (C=O) groups excluding carboxylic acids is 1. The average Bonchev–Trinajstić information content (AvgIpc) is 2.71. The molecule has 3 rings (SSSR count). The highest BCUT2D eigenvalue weighted by atomic mass is 32.2. The zero-order valence-corrected chi connectivity index (χ0v) is 17.7. The number of hydrogen-bond donors (Lipinski definition) is 1. The number of sulfonamides is 1. The van der Waals surface area contributed by atoms with Crippen LogP contribution in [-0.2, 0) is 16.6 Å². The Labute approximate surface area is 176 Å². The molecular formula is C22H26F2N2O3S. The van der Waals surface area contributed by atoms with E-state index < -0.39 is 21.7 Å². The van der Waals surface area contributed by atoms with Gasteiger partial charge in [-0.3, -0.25) is 9.10 Å². The van der Waals surface area contributed by atoms with Crippen LogP contribution in [0.15, 0.2) is 42.5 Å². The van der Waals surface area contributed by atoms with Gasteiger partial charge in [0.15, 0.2) is 0 Å². The first-order valence-electron chi connectivity index (χ1n) is 10.0. The summed E-state index contributed by atoms with van der Waals surface area (Å²) in [5.74, 6) is -1.39. The van der Waals surface area contributed by atoms with Crippen LogP contribution in [0, 0.1) is 17.6 Å². The van der Waals surface area contributed by atoms with Gasteiger partial charge >= 0.3 is 0 Å². The lowest BCUT2D eigenvalue weighted by molar-refractivity contribution is 0.0943. The summed E-state index contributed by atoms with van der Waals surface area (Å²) in [7, 11) is -3.81. The maximum absolute atomic E-state index is 14.1. The SMILES string of the molecule is CS(=O)(=O)N(Cc1ccc(C(=O)NCC2CCCCC2)cc1)c1ccc(F)cc1F. The van der Waals surface area contributed by atoms with E-state index in [-0.39, 0.29) is 18.1 Å². The van der Waals surface area contributed by atoms with Crippen LogP contribution in [0.2, 0.25) is 0 Å². The third-order valence-corrected chi connectivity index (χ3v) is 6.52. The molecule has 2 aromatic carbocycles. The number of hydrogen-bond acceptors (Lipinski definition) is 3. The van der Waals surface area contributed by atoms with Gasteiger partial charge in [-0.2, -0.15) is 0 Å². The normalized spacial score (nSPS) is 15.0. The third-order valence-electron chi connectivity index (χ3n) is 5.40. The topological polar surface area (TPSA) is 66.5 Å². The van der Waals surface area contributed by atoms with Crippen LogP contribution < -0.4 is 9.62 Å². The molecule has 5 nitrogen and oxygen atoms in total. The number of anilines is 1. The Hall–Kier alpha value is -2.48. The summed E-state index contributed by atoms with van der Waals surface area (Å²) >= 11 is 0. The quantitative estimate of drug-likeness (QED) is 0.706. The number of carbonyl (C=O) groups is 1. The Balaban J connectivity index is 1.68. The van der Waals surface area contributed by atoms with Gasteiger partial charge in [0.25, 0.3) is 5.91 Å². The van der Waals surface area contributed by atoms with Crippen molar-refractivity contribution in [2.45, 2.75) is 38.6 Å². The molecule has 1 fully saturated rings. The lowest BCUT2D eigenvalue weighted by Crippen LogP contribution is -2.31. The van der Waals surface area contributed by atoms with Crippen LogP contribution in [0.25, 0.3) is 0 Å². The van der Waals surface area contributed by atoms with Gasteiger partial charge in [-0.1, -0.05) is 31.4 Å². The monoisotopic (exact) mass is 436 g/mol. The van der Waals surface area contributed by atoms with Crippen LogP contribution in [0.4, 0.5) is 14.5 Å². The number of nitrogens with one attached hydrogen (secondary N) is 1. The molecule has 1 aliphatic rings. The highest BCUT2D eigenvalue weighted by Crippen LogP contribution is 2.25. The fourth-order valence-electron chi connectivity index (χ4n) is 3.72. The molecular weight excluding hydrogens is 410 g/mol. The van der Waals surface area contributed by atoms with Gasteiger partial charge in [0, 0.05) is 18.2 Å². The Morgan fingerprint density at radius 3 is 2.33 bits per heavy atom. The Kier molecular flexibility index (Phi) is 7.07. The standard InChI is InChI=1S/C22H26F2N2O3S/c1-30(28,29)26(21-12-11-19(23)13-20(21)24)15-17-7-9-18(10-8-17)22(27)25-14-16-5-3-2-4-6-16/h7-13,16H,2-6,14-15H2,1H3,(H,25,27). The molecule has 0 heterocycles. The van der Waals surface area contributed by atoms with Crippen molar-refractivity contribution in [1.29, 1.82) is 0 Å². The summed E-state index contributed by atoms with van der Waals surface area (Å²) in [6, 6.07) is 9.26. The summed E-state index contributed by atoms with van der Waals surface area (Å²) in [6.07, 6.45) is 6.92. The highest BCUT2D eigenvalue weighted by Gasteiger charge is 2.22. The van der Waals surface area contributed by atoms with Crippen LogP contribution >= 0.6 is 0 Å². The minimum absolute atomic E-state index is 0.134. The predicted molar refractivity (Wildman–Crippen MR) is 113 cm³/mol. The van der Waals surface area contributed by atoms with Crippen molar-refractivity contribution in [3.8, 4) is 0 Å². The van der Waals surface area contributed by atoms with E-state index in [1.165, 1.54) is 19.3 Å². The second kappa shape index (κ2) is 9.55. The van der Waals surface area contributed by atoms with Gasteiger partial charge in [-0.05, 0) is 48.6 Å². The Morgan fingerprint density at radius 1 is 1.07 bits per heavy atom. The lowest BCUT2D eigenvalue weighted by atomic mass is 9.89. The van der Waals surface area contributed by atoms with Crippen LogP contribution in [-0.4, -0.2) is 27.1 Å². The summed E-state index contributed by atoms with van der Waals surface area (Å²) in [4.78, 5) is 12.4. The second-order valence-corrected chi connectivity index (χ2v) is 9.68. The van der Waals surface area contributed by atoms with Gasteiger partial charge in [-0.25, -0.2) is 17.2 Å². The molecule has 0 aliphatic heterocycles. The third kappa shape index (κ3) is 5.78. The summed E-state index contributed by atoms with van der Waals surface area (Å²) in [5.41, 5.74) is 0.828. The van der Waals surface area contributed by atoms with Crippen molar-refractivity contribution in [3.05, 3.63) is 65.2 Å². The lowest BCUT2D eigenvalue weighted by Gasteiger charge is -2.23. The van der Waals surface area contributed by atoms with Gasteiger partial charge in [0.1, 0.15) is 11.6 Å². The molecule has 0 unspecified atom stereocenters. The van der Waals surface area contributed by atoms with E-state index >= 15 is 0 Å². The smallest absolute Gasteiger partial charge is 0.251 e. The fourth-order valence-corrected chi connectivity index (χ4v) is 4.61. The molecule has 0 spiro atoms. The van der Waals surface area contributed by atoms with Gasteiger partial charge in [0.2, 0.25) is 10.0 Å². The van der Waals surface area contributed by atoms with Crippen molar-refractivity contribution >= 4 is 21.6 Å². The molecule has 1 saturated carbocycles. The van der Waals surface area contributed by atoms with E-state index in [4.69, 9.17) is 0 Å². The molecule has 2 aromatic rings. The van der Waals surface area contributed by atoms with Crippen LogP contribution in [0.3, 0.4) is 0 Å². The molecule has 8 heteroatoms. The molecule has 162 valence electrons. The fraction of sp³-hybridized carbons (Fsp3) is 0.409. The first-order valence-corrected chi connectivity index (χ1v) is 11.9. The first kappa shape index (κ1) is 22.2. The Bertz CT molecular complexity index is 988. The number of halogens is 2. The van der Waals surface area contributed by atoms with Gasteiger partial charge in [0.05, 0.1) is 18.5 Å². The summed E-state index contributed by atoms with van der Waals surface area (Å²) < 4.78 is 52.6. The van der Waals surface area contributed by atoms with E-state index in [2.05, 4.69) is 5.32 Å². The predicted octanol–water partition coefficient (Wildman–Crippen LogP) is 4.24. The average molecular weight is 437 g/mol. The maximum atomic E-state index is 14.1. The number of amides is 1. The van der Waals surface area contributed by atoms with E-state index in [0.717, 1.165) is 35.5 Å². The van der Waals surface area contributed by atoms with Gasteiger partial charge in [-0.15, -0.1) is 0 Å². The van der Waals surface area contributed by atoms with E-state index in [1.807, 2.05) is 0 Å². The minimum Gasteiger partial charge on any atom is -0.352 e. The largest absolute Gasteiger partial charge is 0.352 e. The van der Waals surface area contributed by atoms with E-state index in [9.17, 15) is 22.0 Å². The molecule has 0 radical (unpaired) electrons. The maximum Gasteiger partial charge on any atom is 0.251 e. The number of nitrogens with zero attached hydrogens (tertiary/aromatic N) is 1. The van der Waals surface area contributed by atoms with Crippen LogP contribution in [0.5, 0.6) is 0 Å². The van der Waals surface area contributed by atoms with E-state index in [1.54, 1.807) is 24.3 Å². The van der Waals surface area contributed by atoms with Crippen molar-refractivity contribution < 1.29 is 22.0 Å². The molecule has 0 aromatic heterocycles. The van der Waals surface area contributed by atoms with Crippen molar-refractivity contribution in [3.63, 3.8) is 0 Å². The summed E-state index contributed by atoms with van der Waals surface area (Å²) in [5, 5.41) is 2.96. The van der Waals surface area contributed by atoms with Crippen molar-refractivity contribution in [1.82, 2.24) is 5.32 Å². The number of benzene rings is 2. The van der Waals surface area contributed by atoms with Crippen LogP contribution in [0.1, 0.15) is 48.0 Å². The molecule has 0 saturated heterocycles. The molecule has 30 heavy (non-hydrogen) atoms. The van der Waals surface area contributed by atoms with Crippen molar-refractivity contribution in [2.24, 2.45) is 5.92 Å². The van der Waals surface area contributed by atoms with Crippen molar-refractivity contribution in [2.75, 3.05) is 17.1 Å². The first-order chi connectivity index (χ1) is 14.2. The van der Waals surface area contributed by atoms with Gasteiger partial charge < -0.3 is 5.32 Å².